The number of rotatable bonds is 3. The van der Waals surface area contributed by atoms with E-state index in [1.54, 1.807) is 0 Å². The molecule has 0 atom stereocenters. The highest BCUT2D eigenvalue weighted by Gasteiger charge is 2.13. The summed E-state index contributed by atoms with van der Waals surface area (Å²) < 4.78 is 20.6. The summed E-state index contributed by atoms with van der Waals surface area (Å²) >= 11 is 5.73. The van der Waals surface area contributed by atoms with Crippen molar-refractivity contribution in [2.24, 2.45) is 5.73 Å². The van der Waals surface area contributed by atoms with Gasteiger partial charge in [-0.1, -0.05) is 17.7 Å². The molecule has 4 nitrogen and oxygen atoms in total. The Kier molecular flexibility index (Phi) is 3.30. The van der Waals surface area contributed by atoms with Crippen LogP contribution in [-0.4, -0.2) is 9.38 Å². The molecule has 2 heterocycles. The van der Waals surface area contributed by atoms with Crippen LogP contribution < -0.4 is 10.5 Å². The molecule has 20 heavy (non-hydrogen) atoms. The highest BCUT2D eigenvalue weighted by molar-refractivity contribution is 6.30. The minimum Gasteiger partial charge on any atom is -0.437 e. The van der Waals surface area contributed by atoms with Gasteiger partial charge in [-0.3, -0.25) is 4.40 Å². The first kappa shape index (κ1) is 12.9. The zero-order chi connectivity index (χ0) is 14.1. The van der Waals surface area contributed by atoms with E-state index in [0.29, 0.717) is 11.6 Å². The number of hydrogen-bond donors (Lipinski definition) is 1. The average molecular weight is 292 g/mol. The van der Waals surface area contributed by atoms with Gasteiger partial charge in [-0.15, -0.1) is 0 Å². The van der Waals surface area contributed by atoms with Crippen LogP contribution in [0.4, 0.5) is 4.39 Å². The van der Waals surface area contributed by atoms with Crippen LogP contribution in [0.2, 0.25) is 5.02 Å². The third-order valence-electron chi connectivity index (χ3n) is 2.89. The molecule has 2 aromatic heterocycles. The standard InChI is InChI=1S/C14H11ClFN3O/c15-10-7-9(4-5-11(10)16)20-14-12(8-17)19-6-2-1-3-13(19)18-14/h1-7H,8,17H2. The van der Waals surface area contributed by atoms with Gasteiger partial charge < -0.3 is 10.5 Å². The largest absolute Gasteiger partial charge is 0.437 e. The summed E-state index contributed by atoms with van der Waals surface area (Å²) in [6.45, 7) is 0.273. The Bertz CT molecular complexity index is 772. The molecule has 1 aromatic carbocycles. The molecule has 0 spiro atoms. The van der Waals surface area contributed by atoms with Crippen LogP contribution in [0.15, 0.2) is 42.6 Å². The number of halogens is 2. The third-order valence-corrected chi connectivity index (χ3v) is 3.18. The lowest BCUT2D eigenvalue weighted by Crippen LogP contribution is -2.02. The molecule has 0 saturated heterocycles. The van der Waals surface area contributed by atoms with Gasteiger partial charge in [0.1, 0.15) is 22.9 Å². The lowest BCUT2D eigenvalue weighted by Gasteiger charge is -2.05. The number of benzene rings is 1. The molecule has 0 saturated carbocycles. The number of fused-ring (bicyclic) bond motifs is 1. The molecule has 6 heteroatoms. The summed E-state index contributed by atoms with van der Waals surface area (Å²) in [4.78, 5) is 4.35. The van der Waals surface area contributed by atoms with E-state index in [1.807, 2.05) is 28.8 Å². The van der Waals surface area contributed by atoms with E-state index >= 15 is 0 Å². The van der Waals surface area contributed by atoms with E-state index in [4.69, 9.17) is 22.1 Å². The molecule has 102 valence electrons. The van der Waals surface area contributed by atoms with Gasteiger partial charge in [0.25, 0.3) is 0 Å². The van der Waals surface area contributed by atoms with Gasteiger partial charge in [-0.2, -0.15) is 4.98 Å². The Morgan fingerprint density at radius 3 is 2.90 bits per heavy atom. The quantitative estimate of drug-likeness (QED) is 0.805. The summed E-state index contributed by atoms with van der Waals surface area (Å²) in [5.41, 5.74) is 7.21. The van der Waals surface area contributed by atoms with Gasteiger partial charge in [0, 0.05) is 18.8 Å². The zero-order valence-electron chi connectivity index (χ0n) is 10.4. The van der Waals surface area contributed by atoms with Crippen LogP contribution in [0.3, 0.4) is 0 Å². The van der Waals surface area contributed by atoms with Gasteiger partial charge in [0.05, 0.1) is 5.02 Å². The first-order valence-electron chi connectivity index (χ1n) is 5.98. The van der Waals surface area contributed by atoms with Crippen molar-refractivity contribution in [3.63, 3.8) is 0 Å². The highest BCUT2D eigenvalue weighted by Crippen LogP contribution is 2.28. The van der Waals surface area contributed by atoms with E-state index in [0.717, 1.165) is 11.3 Å². The number of aromatic nitrogens is 2. The normalized spacial score (nSPS) is 10.9. The van der Waals surface area contributed by atoms with Crippen molar-refractivity contribution in [2.75, 3.05) is 0 Å². The summed E-state index contributed by atoms with van der Waals surface area (Å²) in [6.07, 6.45) is 1.86. The summed E-state index contributed by atoms with van der Waals surface area (Å²) in [6, 6.07) is 9.75. The Balaban J connectivity index is 2.03. The van der Waals surface area contributed by atoms with E-state index in [-0.39, 0.29) is 11.6 Å². The van der Waals surface area contributed by atoms with Gasteiger partial charge >= 0.3 is 0 Å². The van der Waals surface area contributed by atoms with Crippen molar-refractivity contribution < 1.29 is 9.13 Å². The topological polar surface area (TPSA) is 52.5 Å². The molecule has 0 aliphatic carbocycles. The molecule has 2 N–H and O–H groups in total. The number of ether oxygens (including phenoxy) is 1. The lowest BCUT2D eigenvalue weighted by atomic mass is 10.3. The van der Waals surface area contributed by atoms with E-state index in [2.05, 4.69) is 4.98 Å². The maximum atomic E-state index is 13.1. The number of nitrogens with zero attached hydrogens (tertiary/aromatic N) is 2. The predicted octanol–water partition coefficient (Wildman–Crippen LogP) is 3.38. The van der Waals surface area contributed by atoms with E-state index in [1.165, 1.54) is 18.2 Å². The smallest absolute Gasteiger partial charge is 0.242 e. The van der Waals surface area contributed by atoms with Crippen LogP contribution in [0.5, 0.6) is 11.6 Å². The maximum Gasteiger partial charge on any atom is 0.242 e. The Morgan fingerprint density at radius 2 is 2.15 bits per heavy atom. The molecule has 0 bridgehead atoms. The molecule has 0 unspecified atom stereocenters. The second-order valence-corrected chi connectivity index (χ2v) is 4.58. The second kappa shape index (κ2) is 5.11. The third kappa shape index (κ3) is 2.21. The van der Waals surface area contributed by atoms with Crippen LogP contribution in [0.25, 0.3) is 5.65 Å². The Labute approximate surface area is 119 Å². The highest BCUT2D eigenvalue weighted by atomic mass is 35.5. The van der Waals surface area contributed by atoms with Crippen molar-refractivity contribution in [1.29, 1.82) is 0 Å². The molecule has 0 amide bonds. The Hall–Kier alpha value is -2.11. The minimum absolute atomic E-state index is 0.000521. The molecular weight excluding hydrogens is 281 g/mol. The van der Waals surface area contributed by atoms with Crippen molar-refractivity contribution in [2.45, 2.75) is 6.54 Å². The van der Waals surface area contributed by atoms with Crippen molar-refractivity contribution in [3.8, 4) is 11.6 Å². The van der Waals surface area contributed by atoms with Gasteiger partial charge in [-0.05, 0) is 24.3 Å². The number of pyridine rings is 1. The van der Waals surface area contributed by atoms with Crippen LogP contribution in [0, 0.1) is 5.82 Å². The molecule has 0 aliphatic rings. The Morgan fingerprint density at radius 1 is 1.30 bits per heavy atom. The summed E-state index contributed by atoms with van der Waals surface area (Å²) in [5, 5.41) is 0.000521. The monoisotopic (exact) mass is 291 g/mol. The lowest BCUT2D eigenvalue weighted by molar-refractivity contribution is 0.458. The fourth-order valence-electron chi connectivity index (χ4n) is 1.94. The first-order chi connectivity index (χ1) is 9.69. The molecule has 0 radical (unpaired) electrons. The average Bonchev–Trinajstić information content (AvgIpc) is 2.80. The van der Waals surface area contributed by atoms with Crippen molar-refractivity contribution in [3.05, 3.63) is 59.1 Å². The van der Waals surface area contributed by atoms with Crippen LogP contribution in [0.1, 0.15) is 5.69 Å². The maximum absolute atomic E-state index is 13.1. The first-order valence-corrected chi connectivity index (χ1v) is 6.36. The summed E-state index contributed by atoms with van der Waals surface area (Å²) in [7, 11) is 0. The minimum atomic E-state index is -0.493. The molecule has 0 aliphatic heterocycles. The number of nitrogens with two attached hydrogens (primary N) is 1. The molecule has 3 aromatic rings. The van der Waals surface area contributed by atoms with Gasteiger partial charge in [0.15, 0.2) is 0 Å². The number of imidazole rings is 1. The molecule has 3 rings (SSSR count). The van der Waals surface area contributed by atoms with Crippen molar-refractivity contribution in [1.82, 2.24) is 9.38 Å². The molecule has 0 fully saturated rings. The number of hydrogen-bond acceptors (Lipinski definition) is 3. The van der Waals surface area contributed by atoms with Gasteiger partial charge in [-0.25, -0.2) is 4.39 Å². The van der Waals surface area contributed by atoms with Crippen LogP contribution in [-0.2, 0) is 6.54 Å². The summed E-state index contributed by atoms with van der Waals surface area (Å²) in [5.74, 6) is 0.309. The second-order valence-electron chi connectivity index (χ2n) is 4.17. The van der Waals surface area contributed by atoms with E-state index in [9.17, 15) is 4.39 Å². The van der Waals surface area contributed by atoms with E-state index < -0.39 is 5.82 Å². The zero-order valence-corrected chi connectivity index (χ0v) is 11.1. The fourth-order valence-corrected chi connectivity index (χ4v) is 2.11. The molecular formula is C14H11ClFN3O. The van der Waals surface area contributed by atoms with Gasteiger partial charge in [0.2, 0.25) is 5.88 Å². The predicted molar refractivity (Wildman–Crippen MR) is 74.6 cm³/mol. The fraction of sp³-hybridized carbons (Fsp3) is 0.0714. The van der Waals surface area contributed by atoms with Crippen LogP contribution >= 0.6 is 11.6 Å². The van der Waals surface area contributed by atoms with Crippen molar-refractivity contribution >= 4 is 17.2 Å². The SMILES string of the molecule is NCc1c(Oc2ccc(F)c(Cl)c2)nc2ccccn12.